The van der Waals surface area contributed by atoms with E-state index in [9.17, 15) is 24.0 Å². The van der Waals surface area contributed by atoms with Gasteiger partial charge in [-0.3, -0.25) is 24.0 Å². The molecule has 11 nitrogen and oxygen atoms in total. The first-order valence-corrected chi connectivity index (χ1v) is 16.4. The van der Waals surface area contributed by atoms with Crippen LogP contribution in [-0.2, 0) is 47.7 Å². The largest absolute Gasteiger partial charge is 0.462 e. The summed E-state index contributed by atoms with van der Waals surface area (Å²) in [6.45, 7) is 19.8. The van der Waals surface area contributed by atoms with E-state index in [2.05, 4.69) is 0 Å². The lowest BCUT2D eigenvalue weighted by Crippen LogP contribution is -2.67. The molecule has 2 aliphatic rings. The molecule has 0 spiro atoms. The number of ketones is 1. The molecule has 0 aromatic heterocycles. The normalized spacial score (nSPS) is 25.2. The summed E-state index contributed by atoms with van der Waals surface area (Å²) in [6.07, 6.45) is -3.39. The van der Waals surface area contributed by atoms with Crippen LogP contribution in [0.15, 0.2) is 42.6 Å². The number of rotatable bonds is 7. The van der Waals surface area contributed by atoms with Crippen LogP contribution in [0.1, 0.15) is 101 Å². The predicted octanol–water partition coefficient (Wildman–Crippen LogP) is 5.70. The Morgan fingerprint density at radius 3 is 1.62 bits per heavy atom. The number of nitrogens with zero attached hydrogens (tertiary/aromatic N) is 1. The highest BCUT2D eigenvalue weighted by molar-refractivity contribution is 5.91. The van der Waals surface area contributed by atoms with Gasteiger partial charge in [0.05, 0.1) is 27.7 Å². The van der Waals surface area contributed by atoms with Crippen molar-refractivity contribution in [3.8, 4) is 0 Å². The molecular formula is C37H53NO10. The van der Waals surface area contributed by atoms with Crippen molar-refractivity contribution in [2.24, 2.45) is 21.7 Å². The van der Waals surface area contributed by atoms with Crippen LogP contribution in [0, 0.1) is 21.7 Å². The lowest BCUT2D eigenvalue weighted by atomic mass is 9.90. The van der Waals surface area contributed by atoms with Crippen LogP contribution in [0.2, 0.25) is 0 Å². The SMILES string of the molecule is CC(C)(C)C(=O)OC[C@H]1O[C@@H](N2C=CC(=O)C[C@@H]2c2ccccc2)[C@H](OC(=O)C(C)(C)C)[C@@H](OC(=O)C(C)(C)C)[C@H]1OC(=O)C(C)(C)C. The minimum absolute atomic E-state index is 0.0822. The molecule has 2 heterocycles. The highest BCUT2D eigenvalue weighted by atomic mass is 16.7. The number of carbonyl (C=O) groups excluding carboxylic acids is 5. The average molecular weight is 672 g/mol. The van der Waals surface area contributed by atoms with Crippen LogP contribution in [0.25, 0.3) is 0 Å². The van der Waals surface area contributed by atoms with Gasteiger partial charge in [-0.05, 0) is 94.7 Å². The minimum Gasteiger partial charge on any atom is -0.462 e. The van der Waals surface area contributed by atoms with Gasteiger partial charge in [0.15, 0.2) is 30.3 Å². The summed E-state index contributed by atoms with van der Waals surface area (Å²) in [7, 11) is 0. The molecule has 0 unspecified atom stereocenters. The first kappa shape index (κ1) is 38.7. The van der Waals surface area contributed by atoms with Gasteiger partial charge in [0.25, 0.3) is 0 Å². The summed E-state index contributed by atoms with van der Waals surface area (Å²) in [5.74, 6) is -2.55. The summed E-state index contributed by atoms with van der Waals surface area (Å²) in [4.78, 5) is 68.1. The molecule has 1 aromatic carbocycles. The number of carbonyl (C=O) groups is 5. The molecule has 1 saturated heterocycles. The van der Waals surface area contributed by atoms with Crippen LogP contribution in [0.4, 0.5) is 0 Å². The van der Waals surface area contributed by atoms with E-state index in [1.165, 1.54) is 6.08 Å². The Bertz CT molecular complexity index is 1370. The number of allylic oxidation sites excluding steroid dienone is 1. The van der Waals surface area contributed by atoms with Crippen molar-refractivity contribution in [1.82, 2.24) is 4.90 Å². The smallest absolute Gasteiger partial charge is 0.311 e. The lowest BCUT2D eigenvalue weighted by Gasteiger charge is -2.50. The van der Waals surface area contributed by atoms with Crippen LogP contribution in [-0.4, -0.2) is 71.8 Å². The second kappa shape index (κ2) is 14.4. The zero-order valence-corrected chi connectivity index (χ0v) is 30.4. The van der Waals surface area contributed by atoms with E-state index in [1.54, 1.807) is 94.2 Å². The second-order valence-corrected chi connectivity index (χ2v) is 16.6. The monoisotopic (exact) mass is 671 g/mol. The van der Waals surface area contributed by atoms with Crippen molar-refractivity contribution in [2.45, 2.75) is 126 Å². The number of hydrogen-bond acceptors (Lipinski definition) is 11. The predicted molar refractivity (Wildman–Crippen MR) is 177 cm³/mol. The van der Waals surface area contributed by atoms with E-state index in [4.69, 9.17) is 23.7 Å². The van der Waals surface area contributed by atoms with Crippen molar-refractivity contribution in [3.05, 3.63) is 48.2 Å². The van der Waals surface area contributed by atoms with Crippen molar-refractivity contribution < 1.29 is 47.7 Å². The van der Waals surface area contributed by atoms with Gasteiger partial charge >= 0.3 is 23.9 Å². The Labute approximate surface area is 284 Å². The maximum atomic E-state index is 13.6. The van der Waals surface area contributed by atoms with Crippen molar-refractivity contribution in [3.63, 3.8) is 0 Å². The lowest BCUT2D eigenvalue weighted by molar-refractivity contribution is -0.283. The summed E-state index contributed by atoms with van der Waals surface area (Å²) in [5, 5.41) is 0. The maximum absolute atomic E-state index is 13.6. The van der Waals surface area contributed by atoms with Gasteiger partial charge < -0.3 is 28.6 Å². The van der Waals surface area contributed by atoms with Crippen LogP contribution in [0.5, 0.6) is 0 Å². The van der Waals surface area contributed by atoms with Crippen molar-refractivity contribution in [2.75, 3.05) is 6.61 Å². The number of hydrogen-bond donors (Lipinski definition) is 0. The molecule has 0 amide bonds. The Morgan fingerprint density at radius 2 is 1.15 bits per heavy atom. The van der Waals surface area contributed by atoms with Gasteiger partial charge in [0, 0.05) is 12.6 Å². The minimum atomic E-state index is -1.39. The zero-order valence-electron chi connectivity index (χ0n) is 30.4. The molecule has 0 radical (unpaired) electrons. The summed E-state index contributed by atoms with van der Waals surface area (Å²) < 4.78 is 30.8. The maximum Gasteiger partial charge on any atom is 0.311 e. The Balaban J connectivity index is 2.27. The fourth-order valence-corrected chi connectivity index (χ4v) is 4.81. The molecule has 266 valence electrons. The Hall–Kier alpha value is -3.73. The molecule has 3 rings (SSSR count). The van der Waals surface area contributed by atoms with E-state index >= 15 is 0 Å². The highest BCUT2D eigenvalue weighted by Crippen LogP contribution is 2.40. The molecule has 0 N–H and O–H groups in total. The molecule has 6 atom stereocenters. The second-order valence-electron chi connectivity index (χ2n) is 16.6. The third-order valence-electron chi connectivity index (χ3n) is 7.83. The first-order valence-electron chi connectivity index (χ1n) is 16.4. The fraction of sp³-hybridized carbons (Fsp3) is 0.649. The van der Waals surface area contributed by atoms with Gasteiger partial charge in [-0.1, -0.05) is 30.3 Å². The van der Waals surface area contributed by atoms with E-state index in [0.717, 1.165) is 5.56 Å². The Morgan fingerprint density at radius 1 is 0.688 bits per heavy atom. The molecule has 0 bridgehead atoms. The summed E-state index contributed by atoms with van der Waals surface area (Å²) in [6, 6.07) is 8.73. The first-order chi connectivity index (χ1) is 21.9. The zero-order chi connectivity index (χ0) is 36.4. The molecular weight excluding hydrogens is 618 g/mol. The quantitative estimate of drug-likeness (QED) is 0.261. The molecule has 48 heavy (non-hydrogen) atoms. The standard InChI is InChI=1S/C37H53NO10/c1-34(2,3)30(40)44-21-25-26(46-31(41)35(4,5)6)27(47-32(42)36(7,8)9)28(48-33(43)37(10,11)12)29(45-25)38-19-18-23(39)20-24(38)22-16-14-13-15-17-22/h13-19,24-29H,20-21H2,1-12H3/t24-,25-,26+,27+,28-,29-/m1/s1. The molecule has 1 aromatic rings. The highest BCUT2D eigenvalue weighted by Gasteiger charge is 2.56. The van der Waals surface area contributed by atoms with Gasteiger partial charge in [-0.15, -0.1) is 0 Å². The summed E-state index contributed by atoms with van der Waals surface area (Å²) >= 11 is 0. The topological polar surface area (TPSA) is 135 Å². The van der Waals surface area contributed by atoms with Crippen LogP contribution < -0.4 is 0 Å². The third-order valence-corrected chi connectivity index (χ3v) is 7.83. The molecule has 11 heteroatoms. The number of ether oxygens (including phenoxy) is 5. The molecule has 1 fully saturated rings. The summed E-state index contributed by atoms with van der Waals surface area (Å²) in [5.41, 5.74) is -3.02. The van der Waals surface area contributed by atoms with E-state index in [1.807, 2.05) is 30.3 Å². The van der Waals surface area contributed by atoms with Crippen LogP contribution in [0.3, 0.4) is 0 Å². The van der Waals surface area contributed by atoms with Gasteiger partial charge in [-0.25, -0.2) is 0 Å². The van der Waals surface area contributed by atoms with E-state index in [0.29, 0.717) is 0 Å². The Kier molecular flexibility index (Phi) is 11.6. The van der Waals surface area contributed by atoms with E-state index in [-0.39, 0.29) is 18.8 Å². The van der Waals surface area contributed by atoms with Gasteiger partial charge in [0.2, 0.25) is 0 Å². The van der Waals surface area contributed by atoms with Crippen molar-refractivity contribution in [1.29, 1.82) is 0 Å². The van der Waals surface area contributed by atoms with Gasteiger partial charge in [-0.2, -0.15) is 0 Å². The van der Waals surface area contributed by atoms with Crippen molar-refractivity contribution >= 4 is 29.7 Å². The number of esters is 4. The average Bonchev–Trinajstić information content (AvgIpc) is 2.96. The molecule has 0 saturated carbocycles. The molecule has 0 aliphatic carbocycles. The van der Waals surface area contributed by atoms with Crippen LogP contribution >= 0.6 is 0 Å². The van der Waals surface area contributed by atoms with E-state index < -0.39 is 82.2 Å². The molecule has 2 aliphatic heterocycles. The third kappa shape index (κ3) is 9.67. The van der Waals surface area contributed by atoms with Gasteiger partial charge in [0.1, 0.15) is 12.7 Å². The number of benzene rings is 1. The fourth-order valence-electron chi connectivity index (χ4n) is 4.81.